The minimum atomic E-state index is -0.640. The molecule has 0 aliphatic carbocycles. The zero-order chi connectivity index (χ0) is 13.5. The molecule has 100 valence electrons. The number of nitrogens with two attached hydrogens (primary N) is 1. The van der Waals surface area contributed by atoms with Gasteiger partial charge in [-0.25, -0.2) is 0 Å². The third-order valence-corrected chi connectivity index (χ3v) is 3.93. The van der Waals surface area contributed by atoms with Gasteiger partial charge in [-0.3, -0.25) is 4.79 Å². The third-order valence-electron chi connectivity index (χ3n) is 3.54. The van der Waals surface area contributed by atoms with Crippen LogP contribution in [0.1, 0.15) is 53.4 Å². The van der Waals surface area contributed by atoms with Crippen LogP contribution in [-0.4, -0.2) is 28.9 Å². The van der Waals surface area contributed by atoms with Crippen LogP contribution in [-0.2, 0) is 4.79 Å². The Bertz CT molecular complexity index is 262. The van der Waals surface area contributed by atoms with E-state index in [-0.39, 0.29) is 5.91 Å². The zero-order valence-electron chi connectivity index (χ0n) is 11.6. The number of hydrogen-bond acceptors (Lipinski definition) is 2. The number of rotatable bonds is 8. The highest BCUT2D eigenvalue weighted by Crippen LogP contribution is 2.29. The Labute approximate surface area is 111 Å². The molecule has 0 aromatic heterocycles. The van der Waals surface area contributed by atoms with E-state index in [9.17, 15) is 4.79 Å². The van der Waals surface area contributed by atoms with Crippen LogP contribution in [0, 0.1) is 5.41 Å². The smallest absolute Gasteiger partial charge is 0.235 e. The lowest BCUT2D eigenvalue weighted by atomic mass is 9.80. The van der Waals surface area contributed by atoms with Crippen molar-refractivity contribution in [2.24, 2.45) is 11.1 Å². The minimum Gasteiger partial charge on any atom is -0.392 e. The van der Waals surface area contributed by atoms with Gasteiger partial charge in [-0.2, -0.15) is 0 Å². The van der Waals surface area contributed by atoms with Gasteiger partial charge < -0.3 is 10.6 Å². The molecule has 0 saturated carbocycles. The van der Waals surface area contributed by atoms with Gasteiger partial charge in [-0.15, -0.1) is 0 Å². The summed E-state index contributed by atoms with van der Waals surface area (Å²) in [5, 5.41) is 0. The molecule has 0 aliphatic rings. The summed E-state index contributed by atoms with van der Waals surface area (Å²) in [6.07, 6.45) is 3.48. The summed E-state index contributed by atoms with van der Waals surface area (Å²) >= 11 is 5.11. The monoisotopic (exact) mass is 258 g/mol. The lowest BCUT2D eigenvalue weighted by Crippen LogP contribution is -2.50. The fraction of sp³-hybridized carbons (Fsp3) is 0.846. The van der Waals surface area contributed by atoms with Gasteiger partial charge in [0.05, 0.1) is 10.4 Å². The van der Waals surface area contributed by atoms with E-state index in [2.05, 4.69) is 6.92 Å². The summed E-state index contributed by atoms with van der Waals surface area (Å²) in [5.74, 6) is 0.103. The van der Waals surface area contributed by atoms with Crippen LogP contribution in [0.2, 0.25) is 0 Å². The van der Waals surface area contributed by atoms with Crippen LogP contribution in [0.3, 0.4) is 0 Å². The van der Waals surface area contributed by atoms with Crippen molar-refractivity contribution in [1.29, 1.82) is 0 Å². The van der Waals surface area contributed by atoms with Gasteiger partial charge in [0.1, 0.15) is 0 Å². The molecule has 0 spiro atoms. The maximum atomic E-state index is 12.6. The Morgan fingerprint density at radius 2 is 1.76 bits per heavy atom. The number of amides is 1. The average Bonchev–Trinajstić information content (AvgIpc) is 2.32. The zero-order valence-corrected chi connectivity index (χ0v) is 12.4. The van der Waals surface area contributed by atoms with Crippen molar-refractivity contribution in [1.82, 2.24) is 4.90 Å². The fourth-order valence-electron chi connectivity index (χ4n) is 2.06. The van der Waals surface area contributed by atoms with E-state index in [0.717, 1.165) is 25.9 Å². The van der Waals surface area contributed by atoms with Crippen molar-refractivity contribution < 1.29 is 4.79 Å². The van der Waals surface area contributed by atoms with Crippen LogP contribution >= 0.6 is 12.2 Å². The highest BCUT2D eigenvalue weighted by Gasteiger charge is 2.40. The summed E-state index contributed by atoms with van der Waals surface area (Å²) in [4.78, 5) is 14.8. The van der Waals surface area contributed by atoms with E-state index in [1.165, 1.54) is 0 Å². The van der Waals surface area contributed by atoms with Gasteiger partial charge >= 0.3 is 0 Å². The van der Waals surface area contributed by atoms with Crippen molar-refractivity contribution in [3.8, 4) is 0 Å². The largest absolute Gasteiger partial charge is 0.392 e. The molecule has 0 atom stereocenters. The Hall–Kier alpha value is -0.640. The molecular weight excluding hydrogens is 232 g/mol. The topological polar surface area (TPSA) is 46.3 Å². The molecule has 0 saturated heterocycles. The standard InChI is InChI=1S/C13H26N2OS/c1-5-9-10-15(8-4)12(16)13(6-2,7-3)11(14)17/h5-10H2,1-4H3,(H2,14,17). The van der Waals surface area contributed by atoms with Gasteiger partial charge in [0, 0.05) is 13.1 Å². The summed E-state index contributed by atoms with van der Waals surface area (Å²) in [5.41, 5.74) is 5.16. The molecule has 0 fully saturated rings. The Kier molecular flexibility index (Phi) is 7.35. The number of carbonyl (C=O) groups excluding carboxylic acids is 1. The van der Waals surface area contributed by atoms with E-state index in [0.29, 0.717) is 17.8 Å². The van der Waals surface area contributed by atoms with E-state index < -0.39 is 5.41 Å². The summed E-state index contributed by atoms with van der Waals surface area (Å²) in [6.45, 7) is 9.61. The van der Waals surface area contributed by atoms with Crippen molar-refractivity contribution >= 4 is 23.1 Å². The molecular formula is C13H26N2OS. The fourth-order valence-corrected chi connectivity index (χ4v) is 2.44. The molecule has 3 nitrogen and oxygen atoms in total. The lowest BCUT2D eigenvalue weighted by molar-refractivity contribution is -0.138. The van der Waals surface area contributed by atoms with E-state index in [1.807, 2.05) is 25.7 Å². The van der Waals surface area contributed by atoms with Gasteiger partial charge in [-0.05, 0) is 26.2 Å². The molecule has 2 N–H and O–H groups in total. The molecule has 0 rings (SSSR count). The van der Waals surface area contributed by atoms with E-state index >= 15 is 0 Å². The van der Waals surface area contributed by atoms with E-state index in [1.54, 1.807) is 0 Å². The Morgan fingerprint density at radius 3 is 2.06 bits per heavy atom. The predicted octanol–water partition coefficient (Wildman–Crippen LogP) is 2.73. The Balaban J connectivity index is 4.98. The molecule has 4 heteroatoms. The highest BCUT2D eigenvalue weighted by atomic mass is 32.1. The maximum absolute atomic E-state index is 12.6. The SMILES string of the molecule is CCCCN(CC)C(=O)C(CC)(CC)C(N)=S. The molecule has 0 aromatic carbocycles. The van der Waals surface area contributed by atoms with Crippen LogP contribution in [0.25, 0.3) is 0 Å². The van der Waals surface area contributed by atoms with Gasteiger partial charge in [-0.1, -0.05) is 39.4 Å². The first kappa shape index (κ1) is 16.4. The number of thiocarbonyl (C=S) groups is 1. The van der Waals surface area contributed by atoms with Crippen LogP contribution in [0.5, 0.6) is 0 Å². The van der Waals surface area contributed by atoms with Crippen molar-refractivity contribution in [3.63, 3.8) is 0 Å². The molecule has 0 unspecified atom stereocenters. The summed E-state index contributed by atoms with van der Waals surface area (Å²) in [7, 11) is 0. The average molecular weight is 258 g/mol. The summed E-state index contributed by atoms with van der Waals surface area (Å²) in [6, 6.07) is 0. The quantitative estimate of drug-likeness (QED) is 0.681. The maximum Gasteiger partial charge on any atom is 0.235 e. The Morgan fingerprint density at radius 1 is 1.24 bits per heavy atom. The van der Waals surface area contributed by atoms with Gasteiger partial charge in [0.15, 0.2) is 0 Å². The van der Waals surface area contributed by atoms with Crippen LogP contribution < -0.4 is 5.73 Å². The van der Waals surface area contributed by atoms with Gasteiger partial charge in [0.25, 0.3) is 0 Å². The second kappa shape index (κ2) is 7.64. The van der Waals surface area contributed by atoms with E-state index in [4.69, 9.17) is 18.0 Å². The molecule has 0 aromatic rings. The van der Waals surface area contributed by atoms with Crippen molar-refractivity contribution in [3.05, 3.63) is 0 Å². The molecule has 0 radical (unpaired) electrons. The second-order valence-electron chi connectivity index (χ2n) is 4.39. The first-order valence-electron chi connectivity index (χ1n) is 6.59. The highest BCUT2D eigenvalue weighted by molar-refractivity contribution is 7.80. The molecule has 0 heterocycles. The number of carbonyl (C=O) groups is 1. The molecule has 17 heavy (non-hydrogen) atoms. The lowest BCUT2D eigenvalue weighted by Gasteiger charge is -2.34. The van der Waals surface area contributed by atoms with Crippen molar-refractivity contribution in [2.75, 3.05) is 13.1 Å². The number of hydrogen-bond donors (Lipinski definition) is 1. The van der Waals surface area contributed by atoms with Crippen molar-refractivity contribution in [2.45, 2.75) is 53.4 Å². The number of nitrogens with zero attached hydrogens (tertiary/aromatic N) is 1. The first-order chi connectivity index (χ1) is 7.99. The van der Waals surface area contributed by atoms with Gasteiger partial charge in [0.2, 0.25) is 5.91 Å². The molecule has 1 amide bonds. The number of unbranched alkanes of at least 4 members (excludes halogenated alkanes) is 1. The normalized spacial score (nSPS) is 11.3. The first-order valence-corrected chi connectivity index (χ1v) is 7.00. The minimum absolute atomic E-state index is 0.103. The third kappa shape index (κ3) is 3.66. The second-order valence-corrected chi connectivity index (χ2v) is 4.83. The van der Waals surface area contributed by atoms with Crippen LogP contribution in [0.4, 0.5) is 0 Å². The summed E-state index contributed by atoms with van der Waals surface area (Å²) < 4.78 is 0. The predicted molar refractivity (Wildman–Crippen MR) is 77.0 cm³/mol. The van der Waals surface area contributed by atoms with Crippen LogP contribution in [0.15, 0.2) is 0 Å². The molecule has 0 bridgehead atoms. The molecule has 0 aliphatic heterocycles.